The minimum Gasteiger partial charge on any atom is -0.460 e. The molecule has 4 rings (SSSR count). The van der Waals surface area contributed by atoms with E-state index in [0.717, 1.165) is 32.6 Å². The Bertz CT molecular complexity index is 1250. The van der Waals surface area contributed by atoms with E-state index in [4.69, 9.17) is 4.74 Å². The number of amides is 1. The molecule has 2 heterocycles. The number of rotatable bonds is 10. The molecule has 11 heteroatoms. The molecule has 232 valence electrons. The minimum absolute atomic E-state index is 0.0292. The maximum atomic E-state index is 14.6. The number of aromatic nitrogens is 2. The number of likely N-dealkylation sites (tertiary alicyclic amines) is 1. The molecule has 0 bridgehead atoms. The number of alkyl halides is 4. The average molecular weight is 595 g/mol. The number of carbonyl (C=O) groups excluding carboxylic acids is 2. The van der Waals surface area contributed by atoms with Crippen molar-refractivity contribution in [3.8, 4) is 11.3 Å². The number of halogens is 4. The highest BCUT2D eigenvalue weighted by molar-refractivity contribution is 5.94. The quantitative estimate of drug-likeness (QED) is 0.244. The molecule has 1 saturated heterocycles. The Hall–Kier alpha value is -2.95. The van der Waals surface area contributed by atoms with Crippen molar-refractivity contribution in [1.29, 1.82) is 0 Å². The van der Waals surface area contributed by atoms with E-state index >= 15 is 0 Å². The highest BCUT2D eigenvalue weighted by Crippen LogP contribution is 2.39. The Balaban J connectivity index is 1.59. The molecular weight excluding hydrogens is 552 g/mol. The van der Waals surface area contributed by atoms with Gasteiger partial charge in [0.25, 0.3) is 17.8 Å². The van der Waals surface area contributed by atoms with Gasteiger partial charge in [0.1, 0.15) is 5.60 Å². The molecule has 2 aromatic rings. The fraction of sp³-hybridized carbons (Fsp3) is 0.645. The lowest BCUT2D eigenvalue weighted by atomic mass is 9.99. The van der Waals surface area contributed by atoms with Crippen LogP contribution in [0.2, 0.25) is 0 Å². The molecule has 0 spiro atoms. The van der Waals surface area contributed by atoms with Gasteiger partial charge < -0.3 is 10.1 Å². The Morgan fingerprint density at radius 2 is 1.81 bits per heavy atom. The van der Waals surface area contributed by atoms with Crippen molar-refractivity contribution in [1.82, 2.24) is 20.0 Å². The monoisotopic (exact) mass is 594 g/mol. The normalized spacial score (nSPS) is 19.0. The Labute approximate surface area is 245 Å². The number of nitrogens with zero attached hydrogens (tertiary/aromatic N) is 3. The van der Waals surface area contributed by atoms with Crippen molar-refractivity contribution in [2.75, 3.05) is 19.6 Å². The number of hydrogen-bond donors (Lipinski definition) is 1. The molecule has 1 aromatic carbocycles. The van der Waals surface area contributed by atoms with Crippen molar-refractivity contribution in [3.63, 3.8) is 0 Å². The molecule has 0 unspecified atom stereocenters. The molecule has 42 heavy (non-hydrogen) atoms. The van der Waals surface area contributed by atoms with E-state index in [1.165, 1.54) is 12.1 Å². The highest BCUT2D eigenvalue weighted by atomic mass is 19.3. The highest BCUT2D eigenvalue weighted by Gasteiger charge is 2.36. The molecule has 1 saturated carbocycles. The van der Waals surface area contributed by atoms with E-state index in [-0.39, 0.29) is 49.7 Å². The third-order valence-corrected chi connectivity index (χ3v) is 7.75. The van der Waals surface area contributed by atoms with Crippen LogP contribution in [-0.2, 0) is 15.5 Å². The van der Waals surface area contributed by atoms with Gasteiger partial charge in [0.15, 0.2) is 5.69 Å². The van der Waals surface area contributed by atoms with Gasteiger partial charge in [0.05, 0.1) is 24.7 Å². The standard InChI is InChI=1S/C31H42F4N4O3/c1-29(2,3)42-27(40)18-21(14-17-38-16-9-15-31(34,35)20-38)36-28(41)25-19-26(39(37-25)22-10-5-6-11-22)23-12-7-8-13-24(23)30(4,32)33/h7-8,12-13,19,21-22H,5-6,9-11,14-18,20H2,1-4H3,(H,36,41)/t21-/m0/s1. The third-order valence-electron chi connectivity index (χ3n) is 7.75. The number of benzene rings is 1. The fourth-order valence-electron chi connectivity index (χ4n) is 5.87. The van der Waals surface area contributed by atoms with Crippen LogP contribution in [0.1, 0.15) is 101 Å². The van der Waals surface area contributed by atoms with Crippen molar-refractivity contribution < 1.29 is 31.9 Å². The molecular formula is C31H42F4N4O3. The Morgan fingerprint density at radius 1 is 1.12 bits per heavy atom. The summed E-state index contributed by atoms with van der Waals surface area (Å²) >= 11 is 0. The van der Waals surface area contributed by atoms with Crippen molar-refractivity contribution in [2.45, 2.75) is 109 Å². The van der Waals surface area contributed by atoms with Gasteiger partial charge in [-0.3, -0.25) is 19.2 Å². The lowest BCUT2D eigenvalue weighted by Crippen LogP contribution is -2.45. The van der Waals surface area contributed by atoms with E-state index in [1.54, 1.807) is 48.6 Å². The molecule has 0 radical (unpaired) electrons. The molecule has 1 aromatic heterocycles. The Morgan fingerprint density at radius 3 is 2.45 bits per heavy atom. The first-order valence-corrected chi connectivity index (χ1v) is 14.8. The van der Waals surface area contributed by atoms with Gasteiger partial charge in [-0.1, -0.05) is 37.1 Å². The van der Waals surface area contributed by atoms with E-state index < -0.39 is 35.4 Å². The molecule has 1 N–H and O–H groups in total. The first kappa shape index (κ1) is 32.0. The summed E-state index contributed by atoms with van der Waals surface area (Å²) in [5.74, 6) is -6.95. The number of piperidine rings is 1. The zero-order valence-corrected chi connectivity index (χ0v) is 24.9. The van der Waals surface area contributed by atoms with Gasteiger partial charge >= 0.3 is 5.97 Å². The molecule has 1 atom stereocenters. The zero-order chi connectivity index (χ0) is 30.7. The zero-order valence-electron chi connectivity index (χ0n) is 24.9. The van der Waals surface area contributed by atoms with E-state index in [0.29, 0.717) is 24.2 Å². The summed E-state index contributed by atoms with van der Waals surface area (Å²) in [7, 11) is 0. The van der Waals surface area contributed by atoms with Crippen molar-refractivity contribution in [3.05, 3.63) is 41.6 Å². The van der Waals surface area contributed by atoms with Gasteiger partial charge in [0.2, 0.25) is 0 Å². The van der Waals surface area contributed by atoms with Crippen LogP contribution >= 0.6 is 0 Å². The van der Waals surface area contributed by atoms with Crippen LogP contribution in [0.4, 0.5) is 17.6 Å². The van der Waals surface area contributed by atoms with E-state index in [2.05, 4.69) is 10.4 Å². The Kier molecular flexibility index (Phi) is 9.69. The predicted octanol–water partition coefficient (Wildman–Crippen LogP) is 6.73. The van der Waals surface area contributed by atoms with Gasteiger partial charge in [-0.25, -0.2) is 17.6 Å². The first-order valence-electron chi connectivity index (χ1n) is 14.8. The summed E-state index contributed by atoms with van der Waals surface area (Å²) in [5.41, 5.74) is -0.102. The van der Waals surface area contributed by atoms with Gasteiger partial charge in [-0.2, -0.15) is 5.10 Å². The first-order chi connectivity index (χ1) is 19.6. The smallest absolute Gasteiger partial charge is 0.308 e. The molecule has 1 aliphatic heterocycles. The van der Waals surface area contributed by atoms with Crippen LogP contribution in [0, 0.1) is 0 Å². The fourth-order valence-corrected chi connectivity index (χ4v) is 5.87. The molecule has 1 amide bonds. The number of esters is 1. The summed E-state index contributed by atoms with van der Waals surface area (Å²) in [5, 5.41) is 7.45. The maximum absolute atomic E-state index is 14.6. The second-order valence-electron chi connectivity index (χ2n) is 12.7. The summed E-state index contributed by atoms with van der Waals surface area (Å²) < 4.78 is 64.2. The van der Waals surface area contributed by atoms with Gasteiger partial charge in [0, 0.05) is 37.1 Å². The SMILES string of the molecule is CC(C)(C)OC(=O)C[C@H](CCN1CCCC(F)(F)C1)NC(=O)c1cc(-c2ccccc2C(C)(F)F)n(C2CCCC2)n1. The number of ether oxygens (including phenoxy) is 1. The topological polar surface area (TPSA) is 76.5 Å². The number of nitrogens with one attached hydrogen (secondary N) is 1. The van der Waals surface area contributed by atoms with Gasteiger partial charge in [-0.15, -0.1) is 0 Å². The van der Waals surface area contributed by atoms with Crippen LogP contribution in [0.5, 0.6) is 0 Å². The summed E-state index contributed by atoms with van der Waals surface area (Å²) in [6, 6.07) is 7.01. The maximum Gasteiger partial charge on any atom is 0.308 e. The third kappa shape index (κ3) is 8.55. The van der Waals surface area contributed by atoms with Crippen molar-refractivity contribution >= 4 is 11.9 Å². The average Bonchev–Trinajstić information content (AvgIpc) is 3.55. The molecule has 2 aliphatic rings. The van der Waals surface area contributed by atoms with Crippen molar-refractivity contribution in [2.24, 2.45) is 0 Å². The second kappa shape index (κ2) is 12.7. The summed E-state index contributed by atoms with van der Waals surface area (Å²) in [6.07, 6.45) is 3.92. The van der Waals surface area contributed by atoms with Crippen LogP contribution in [0.15, 0.2) is 30.3 Å². The lowest BCUT2D eigenvalue weighted by molar-refractivity contribution is -0.155. The van der Waals surface area contributed by atoms with Crippen LogP contribution < -0.4 is 5.32 Å². The largest absolute Gasteiger partial charge is 0.460 e. The second-order valence-corrected chi connectivity index (χ2v) is 12.7. The number of carbonyl (C=O) groups is 2. The van der Waals surface area contributed by atoms with Crippen LogP contribution in [0.25, 0.3) is 11.3 Å². The van der Waals surface area contributed by atoms with Gasteiger partial charge in [-0.05, 0) is 59.1 Å². The predicted molar refractivity (Wildman–Crippen MR) is 152 cm³/mol. The molecule has 2 fully saturated rings. The van der Waals surface area contributed by atoms with Crippen LogP contribution in [0.3, 0.4) is 0 Å². The van der Waals surface area contributed by atoms with Crippen LogP contribution in [-0.4, -0.2) is 63.8 Å². The molecule has 1 aliphatic carbocycles. The summed E-state index contributed by atoms with van der Waals surface area (Å²) in [4.78, 5) is 27.9. The van der Waals surface area contributed by atoms with E-state index in [9.17, 15) is 27.2 Å². The molecule has 7 nitrogen and oxygen atoms in total. The summed E-state index contributed by atoms with van der Waals surface area (Å²) in [6.45, 7) is 6.48. The van der Waals surface area contributed by atoms with E-state index in [1.807, 2.05) is 0 Å². The minimum atomic E-state index is -3.10. The lowest BCUT2D eigenvalue weighted by Gasteiger charge is -2.33. The number of hydrogen-bond acceptors (Lipinski definition) is 5.